The van der Waals surface area contributed by atoms with Crippen LogP contribution < -0.4 is 5.32 Å². The summed E-state index contributed by atoms with van der Waals surface area (Å²) in [6.45, 7) is 4.61. The van der Waals surface area contributed by atoms with Crippen LogP contribution >= 0.6 is 0 Å². The number of hydrogen-bond acceptors (Lipinski definition) is 3. The molecule has 0 aliphatic rings. The van der Waals surface area contributed by atoms with E-state index in [9.17, 15) is 9.90 Å². The summed E-state index contributed by atoms with van der Waals surface area (Å²) in [6.07, 6.45) is 0.811. The highest BCUT2D eigenvalue weighted by atomic mass is 16.3. The van der Waals surface area contributed by atoms with Gasteiger partial charge in [-0.15, -0.1) is 0 Å². The molecule has 0 saturated carbocycles. The lowest BCUT2D eigenvalue weighted by Gasteiger charge is -2.23. The second-order valence-corrected chi connectivity index (χ2v) is 5.22. The molecule has 0 fully saturated rings. The number of carbonyl (C=O) groups excluding carboxylic acids is 1. The molecule has 0 unspecified atom stereocenters. The smallest absolute Gasteiger partial charge is 0.224 e. The molecule has 0 spiro atoms. The highest BCUT2D eigenvalue weighted by molar-refractivity contribution is 5.79. The van der Waals surface area contributed by atoms with Crippen LogP contribution in [-0.4, -0.2) is 29.3 Å². The van der Waals surface area contributed by atoms with Crippen LogP contribution in [0.15, 0.2) is 24.3 Å². The molecule has 0 heterocycles. The van der Waals surface area contributed by atoms with Gasteiger partial charge in [-0.25, -0.2) is 0 Å². The van der Waals surface area contributed by atoms with Gasteiger partial charge in [0.1, 0.15) is 5.75 Å². The van der Waals surface area contributed by atoms with E-state index in [2.05, 4.69) is 5.32 Å². The average molecular weight is 251 g/mol. The van der Waals surface area contributed by atoms with Crippen LogP contribution in [0.5, 0.6) is 5.75 Å². The summed E-state index contributed by atoms with van der Waals surface area (Å²) in [5.74, 6) is 0.0183. The first-order valence-electron chi connectivity index (χ1n) is 6.09. The van der Waals surface area contributed by atoms with Crippen LogP contribution in [0.25, 0.3) is 0 Å². The first kappa shape index (κ1) is 14.5. The Morgan fingerprint density at radius 1 is 1.33 bits per heavy atom. The third kappa shape index (κ3) is 4.75. The number of carbonyl (C=O) groups is 1. The number of nitrogens with one attached hydrogen (secondary N) is 1. The zero-order valence-electron chi connectivity index (χ0n) is 10.9. The number of phenols is 1. The molecule has 100 valence electrons. The molecule has 0 bridgehead atoms. The van der Waals surface area contributed by atoms with Gasteiger partial charge in [-0.05, 0) is 17.9 Å². The molecule has 1 aromatic carbocycles. The number of amides is 1. The molecule has 0 aliphatic carbocycles. The fourth-order valence-electron chi connectivity index (χ4n) is 1.62. The van der Waals surface area contributed by atoms with Gasteiger partial charge in [-0.2, -0.15) is 0 Å². The summed E-state index contributed by atoms with van der Waals surface area (Å²) in [7, 11) is 0. The van der Waals surface area contributed by atoms with Crippen molar-refractivity contribution >= 4 is 5.91 Å². The van der Waals surface area contributed by atoms with Crippen LogP contribution in [0.4, 0.5) is 0 Å². The monoisotopic (exact) mass is 251 g/mol. The lowest BCUT2D eigenvalue weighted by Crippen LogP contribution is -2.35. The van der Waals surface area contributed by atoms with Gasteiger partial charge in [-0.3, -0.25) is 4.79 Å². The average Bonchev–Trinajstić information content (AvgIpc) is 2.30. The number of aliphatic hydroxyl groups is 1. The number of hydrogen-bond donors (Lipinski definition) is 3. The zero-order valence-corrected chi connectivity index (χ0v) is 10.9. The Kier molecular flexibility index (Phi) is 5.16. The predicted molar refractivity (Wildman–Crippen MR) is 70.3 cm³/mol. The van der Waals surface area contributed by atoms with Crippen LogP contribution in [-0.2, 0) is 11.2 Å². The maximum Gasteiger partial charge on any atom is 0.224 e. The van der Waals surface area contributed by atoms with E-state index in [0.29, 0.717) is 18.5 Å². The van der Waals surface area contributed by atoms with E-state index in [-0.39, 0.29) is 30.1 Å². The van der Waals surface area contributed by atoms with Crippen molar-refractivity contribution in [2.24, 2.45) is 5.41 Å². The molecule has 4 heteroatoms. The SMILES string of the molecule is CC(C)(CCO)CNC(=O)Cc1ccccc1O. The minimum Gasteiger partial charge on any atom is -0.508 e. The molecule has 1 amide bonds. The Morgan fingerprint density at radius 3 is 2.61 bits per heavy atom. The van der Waals surface area contributed by atoms with Crippen molar-refractivity contribution in [3.05, 3.63) is 29.8 Å². The van der Waals surface area contributed by atoms with Crippen LogP contribution in [0.3, 0.4) is 0 Å². The Labute approximate surface area is 108 Å². The Morgan fingerprint density at radius 2 is 2.00 bits per heavy atom. The summed E-state index contributed by atoms with van der Waals surface area (Å²) in [4.78, 5) is 11.7. The molecule has 0 aromatic heterocycles. The fourth-order valence-corrected chi connectivity index (χ4v) is 1.62. The summed E-state index contributed by atoms with van der Waals surface area (Å²) < 4.78 is 0. The number of phenolic OH excluding ortho intramolecular Hbond substituents is 1. The van der Waals surface area contributed by atoms with Crippen molar-refractivity contribution in [3.63, 3.8) is 0 Å². The van der Waals surface area contributed by atoms with E-state index in [1.54, 1.807) is 24.3 Å². The molecule has 1 rings (SSSR count). The maximum absolute atomic E-state index is 11.7. The second kappa shape index (κ2) is 6.40. The van der Waals surface area contributed by atoms with Gasteiger partial charge in [0.05, 0.1) is 6.42 Å². The topological polar surface area (TPSA) is 69.6 Å². The minimum absolute atomic E-state index is 0.113. The van der Waals surface area contributed by atoms with Gasteiger partial charge >= 0.3 is 0 Å². The number of rotatable bonds is 6. The molecular formula is C14H21NO3. The van der Waals surface area contributed by atoms with Gasteiger partial charge in [0.25, 0.3) is 0 Å². The summed E-state index contributed by atoms with van der Waals surface area (Å²) in [5.41, 5.74) is 0.498. The fraction of sp³-hybridized carbons (Fsp3) is 0.500. The molecule has 1 aromatic rings. The van der Waals surface area contributed by atoms with Crippen LogP contribution in [0, 0.1) is 5.41 Å². The predicted octanol–water partition coefficient (Wildman–Crippen LogP) is 1.46. The molecule has 18 heavy (non-hydrogen) atoms. The molecule has 3 N–H and O–H groups in total. The Hall–Kier alpha value is -1.55. The number of para-hydroxylation sites is 1. The van der Waals surface area contributed by atoms with E-state index in [1.165, 1.54) is 0 Å². The van der Waals surface area contributed by atoms with E-state index in [4.69, 9.17) is 5.11 Å². The van der Waals surface area contributed by atoms with Crippen molar-refractivity contribution in [1.29, 1.82) is 0 Å². The van der Waals surface area contributed by atoms with Gasteiger partial charge < -0.3 is 15.5 Å². The third-order valence-corrected chi connectivity index (χ3v) is 2.90. The summed E-state index contributed by atoms with van der Waals surface area (Å²) in [5, 5.41) is 21.3. The minimum atomic E-state index is -0.123. The summed E-state index contributed by atoms with van der Waals surface area (Å²) >= 11 is 0. The largest absolute Gasteiger partial charge is 0.508 e. The highest BCUT2D eigenvalue weighted by Gasteiger charge is 2.18. The van der Waals surface area contributed by atoms with Crippen LogP contribution in [0.1, 0.15) is 25.8 Å². The number of benzene rings is 1. The standard InChI is InChI=1S/C14H21NO3/c1-14(2,7-8-16)10-15-13(18)9-11-5-3-4-6-12(11)17/h3-6,16-17H,7-10H2,1-2H3,(H,15,18). The van der Waals surface area contributed by atoms with Crippen LogP contribution in [0.2, 0.25) is 0 Å². The Bertz CT molecular complexity index is 402. The summed E-state index contributed by atoms with van der Waals surface area (Å²) in [6, 6.07) is 6.81. The van der Waals surface area contributed by atoms with E-state index >= 15 is 0 Å². The quantitative estimate of drug-likeness (QED) is 0.717. The van der Waals surface area contributed by atoms with Crippen molar-refractivity contribution in [2.75, 3.05) is 13.2 Å². The van der Waals surface area contributed by atoms with Gasteiger partial charge in [0, 0.05) is 18.7 Å². The number of aliphatic hydroxyl groups excluding tert-OH is 1. The van der Waals surface area contributed by atoms with E-state index in [1.807, 2.05) is 13.8 Å². The molecular weight excluding hydrogens is 230 g/mol. The first-order chi connectivity index (χ1) is 8.44. The highest BCUT2D eigenvalue weighted by Crippen LogP contribution is 2.19. The molecule has 0 aliphatic heterocycles. The molecule has 0 radical (unpaired) electrons. The van der Waals surface area contributed by atoms with E-state index in [0.717, 1.165) is 0 Å². The van der Waals surface area contributed by atoms with E-state index < -0.39 is 0 Å². The van der Waals surface area contributed by atoms with Crippen molar-refractivity contribution in [2.45, 2.75) is 26.7 Å². The van der Waals surface area contributed by atoms with Crippen molar-refractivity contribution in [1.82, 2.24) is 5.32 Å². The second-order valence-electron chi connectivity index (χ2n) is 5.22. The molecule has 0 atom stereocenters. The molecule has 0 saturated heterocycles. The number of aromatic hydroxyl groups is 1. The van der Waals surface area contributed by atoms with Crippen molar-refractivity contribution < 1.29 is 15.0 Å². The maximum atomic E-state index is 11.7. The normalized spacial score (nSPS) is 11.3. The van der Waals surface area contributed by atoms with Crippen molar-refractivity contribution in [3.8, 4) is 5.75 Å². The molecule has 4 nitrogen and oxygen atoms in total. The van der Waals surface area contributed by atoms with Gasteiger partial charge in [0.15, 0.2) is 0 Å². The lowest BCUT2D eigenvalue weighted by atomic mass is 9.89. The third-order valence-electron chi connectivity index (χ3n) is 2.90. The van der Waals surface area contributed by atoms with Gasteiger partial charge in [-0.1, -0.05) is 32.0 Å². The lowest BCUT2D eigenvalue weighted by molar-refractivity contribution is -0.120. The first-order valence-corrected chi connectivity index (χ1v) is 6.09. The Balaban J connectivity index is 2.46. The zero-order chi connectivity index (χ0) is 13.6. The van der Waals surface area contributed by atoms with Gasteiger partial charge in [0.2, 0.25) is 5.91 Å².